The average molecular weight is 248 g/mol. The fourth-order valence-corrected chi connectivity index (χ4v) is 3.05. The Labute approximate surface area is 106 Å². The van der Waals surface area contributed by atoms with Crippen molar-refractivity contribution in [2.75, 3.05) is 0 Å². The number of hydrogen-bond donors (Lipinski definition) is 1. The molecule has 1 aliphatic rings. The first-order valence-electron chi connectivity index (χ1n) is 6.08. The Morgan fingerprint density at radius 2 is 2.29 bits per heavy atom. The lowest BCUT2D eigenvalue weighted by Gasteiger charge is -2.10. The number of nitrogens with zero attached hydrogens (tertiary/aromatic N) is 1. The second-order valence-electron chi connectivity index (χ2n) is 4.64. The molecular weight excluding hydrogens is 232 g/mol. The number of halogens is 1. The second kappa shape index (κ2) is 4.04. The number of rotatable bonds is 2. The lowest BCUT2D eigenvalue weighted by molar-refractivity contribution is 0.770. The third-order valence-electron chi connectivity index (χ3n) is 3.66. The Balaban J connectivity index is 2.34. The molecule has 0 bridgehead atoms. The maximum Gasteiger partial charge on any atom is 0.0487 e. The van der Waals surface area contributed by atoms with Gasteiger partial charge in [-0.05, 0) is 43.0 Å². The molecule has 89 valence electrons. The molecule has 0 fully saturated rings. The monoisotopic (exact) mass is 247 g/mol. The third kappa shape index (κ3) is 1.59. The highest BCUT2D eigenvalue weighted by molar-refractivity contribution is 6.31. The molecule has 1 atom stereocenters. The van der Waals surface area contributed by atoms with Crippen LogP contribution in [0.25, 0.3) is 10.9 Å². The molecule has 3 heteroatoms. The van der Waals surface area contributed by atoms with E-state index in [9.17, 15) is 0 Å². The van der Waals surface area contributed by atoms with Crippen LogP contribution in [0.4, 0.5) is 0 Å². The average Bonchev–Trinajstić information content (AvgIpc) is 2.87. The molecule has 1 aliphatic heterocycles. The van der Waals surface area contributed by atoms with Gasteiger partial charge in [0.05, 0.1) is 0 Å². The molecule has 17 heavy (non-hydrogen) atoms. The van der Waals surface area contributed by atoms with Crippen LogP contribution in [-0.2, 0) is 13.0 Å². The number of nitrogens with two attached hydrogens (primary N) is 1. The van der Waals surface area contributed by atoms with Crippen LogP contribution in [-0.4, -0.2) is 4.57 Å². The molecule has 0 spiro atoms. The maximum absolute atomic E-state index is 6.22. The Hall–Kier alpha value is -0.990. The molecule has 2 nitrogen and oxygen atoms in total. The van der Waals surface area contributed by atoms with E-state index >= 15 is 0 Å². The Kier molecular flexibility index (Phi) is 2.64. The predicted octanol–water partition coefficient (Wildman–Crippen LogP) is 3.46. The van der Waals surface area contributed by atoms with Gasteiger partial charge in [-0.25, -0.2) is 0 Å². The van der Waals surface area contributed by atoms with E-state index < -0.39 is 0 Å². The van der Waals surface area contributed by atoms with Gasteiger partial charge in [0.1, 0.15) is 0 Å². The molecule has 0 aliphatic carbocycles. The molecule has 1 radical (unpaired) electrons. The highest BCUT2D eigenvalue weighted by atomic mass is 35.5. The van der Waals surface area contributed by atoms with E-state index in [2.05, 4.69) is 17.1 Å². The maximum atomic E-state index is 6.22. The summed E-state index contributed by atoms with van der Waals surface area (Å²) >= 11 is 6.10. The van der Waals surface area contributed by atoms with E-state index in [-0.39, 0.29) is 6.04 Å². The molecule has 3 rings (SSSR count). The largest absolute Gasteiger partial charge is 0.344 e. The third-order valence-corrected chi connectivity index (χ3v) is 3.90. The van der Waals surface area contributed by atoms with Crippen LogP contribution in [0.5, 0.6) is 0 Å². The molecule has 2 heterocycles. The van der Waals surface area contributed by atoms with Gasteiger partial charge in [-0.15, -0.1) is 0 Å². The van der Waals surface area contributed by atoms with Crippen molar-refractivity contribution in [3.63, 3.8) is 0 Å². The minimum atomic E-state index is 0.00492. The summed E-state index contributed by atoms with van der Waals surface area (Å²) in [5.41, 5.74) is 10.2. The van der Waals surface area contributed by atoms with Gasteiger partial charge in [0.2, 0.25) is 0 Å². The predicted molar refractivity (Wildman–Crippen MR) is 72.2 cm³/mol. The van der Waals surface area contributed by atoms with Crippen molar-refractivity contribution in [2.45, 2.75) is 32.4 Å². The van der Waals surface area contributed by atoms with Gasteiger partial charge in [0.15, 0.2) is 0 Å². The van der Waals surface area contributed by atoms with Crippen LogP contribution in [0.2, 0.25) is 5.02 Å². The van der Waals surface area contributed by atoms with E-state index in [4.69, 9.17) is 17.3 Å². The van der Waals surface area contributed by atoms with E-state index in [1.165, 1.54) is 28.6 Å². The molecule has 1 unspecified atom stereocenters. The molecule has 2 N–H and O–H groups in total. The normalized spacial score (nSPS) is 16.4. The van der Waals surface area contributed by atoms with Gasteiger partial charge < -0.3 is 10.3 Å². The lowest BCUT2D eigenvalue weighted by Crippen LogP contribution is -2.11. The highest BCUT2D eigenvalue weighted by Gasteiger charge is 2.23. The molecule has 0 amide bonds. The van der Waals surface area contributed by atoms with E-state index in [0.717, 1.165) is 18.0 Å². The van der Waals surface area contributed by atoms with Crippen molar-refractivity contribution in [2.24, 2.45) is 5.73 Å². The topological polar surface area (TPSA) is 30.9 Å². The lowest BCUT2D eigenvalue weighted by atomic mass is 10.00. The highest BCUT2D eigenvalue weighted by Crippen LogP contribution is 2.36. The Morgan fingerprint density at radius 3 is 3.06 bits per heavy atom. The van der Waals surface area contributed by atoms with E-state index in [1.54, 1.807) is 0 Å². The summed E-state index contributed by atoms with van der Waals surface area (Å²) in [6.07, 6.45) is 4.40. The minimum absolute atomic E-state index is 0.00492. The van der Waals surface area contributed by atoms with Crippen molar-refractivity contribution in [3.8, 4) is 0 Å². The van der Waals surface area contributed by atoms with Gasteiger partial charge >= 0.3 is 0 Å². The van der Waals surface area contributed by atoms with Crippen LogP contribution in [0, 0.1) is 6.42 Å². The SMILES string of the molecule is C[CH]C(N)c1c2n(c3ccc(Cl)cc13)CCC2. The summed E-state index contributed by atoms with van der Waals surface area (Å²) < 4.78 is 2.39. The standard InChI is InChI=1S/C14H16ClN2/c1-2-11(16)14-10-8-9(15)5-6-12(10)17-7-3-4-13(14)17/h2,5-6,8,11H,3-4,7,16H2,1H3. The van der Waals surface area contributed by atoms with Crippen molar-refractivity contribution >= 4 is 22.5 Å². The van der Waals surface area contributed by atoms with Crippen molar-refractivity contribution in [1.82, 2.24) is 4.57 Å². The number of benzene rings is 1. The van der Waals surface area contributed by atoms with Crippen LogP contribution in [0.1, 0.15) is 30.6 Å². The van der Waals surface area contributed by atoms with Crippen molar-refractivity contribution < 1.29 is 0 Å². The molecule has 0 saturated carbocycles. The fourth-order valence-electron chi connectivity index (χ4n) is 2.87. The summed E-state index contributed by atoms with van der Waals surface area (Å²) in [4.78, 5) is 0. The number of aromatic nitrogens is 1. The first-order chi connectivity index (χ1) is 8.22. The zero-order valence-electron chi connectivity index (χ0n) is 9.91. The Morgan fingerprint density at radius 1 is 1.47 bits per heavy atom. The molecular formula is C14H16ClN2. The van der Waals surface area contributed by atoms with Crippen LogP contribution in [0.15, 0.2) is 18.2 Å². The van der Waals surface area contributed by atoms with E-state index in [1.807, 2.05) is 19.1 Å². The minimum Gasteiger partial charge on any atom is -0.344 e. The summed E-state index contributed by atoms with van der Waals surface area (Å²) in [7, 11) is 0. The quantitative estimate of drug-likeness (QED) is 0.866. The zero-order valence-corrected chi connectivity index (χ0v) is 10.7. The first-order valence-corrected chi connectivity index (χ1v) is 6.45. The number of hydrogen-bond acceptors (Lipinski definition) is 1. The summed E-state index contributed by atoms with van der Waals surface area (Å²) in [6, 6.07) is 6.12. The van der Waals surface area contributed by atoms with Crippen LogP contribution in [0.3, 0.4) is 0 Å². The summed E-state index contributed by atoms with van der Waals surface area (Å²) in [5.74, 6) is 0. The first kappa shape index (κ1) is 11.1. The molecule has 0 saturated heterocycles. The van der Waals surface area contributed by atoms with E-state index in [0.29, 0.717) is 0 Å². The van der Waals surface area contributed by atoms with Gasteiger partial charge in [-0.3, -0.25) is 0 Å². The van der Waals surface area contributed by atoms with Crippen molar-refractivity contribution in [3.05, 3.63) is 40.9 Å². The van der Waals surface area contributed by atoms with Gasteiger partial charge in [0.25, 0.3) is 0 Å². The Bertz CT molecular complexity index is 571. The summed E-state index contributed by atoms with van der Waals surface area (Å²) in [6.45, 7) is 3.12. The molecule has 1 aromatic heterocycles. The molecule has 1 aromatic carbocycles. The zero-order chi connectivity index (χ0) is 12.0. The smallest absolute Gasteiger partial charge is 0.0487 e. The fraction of sp³-hybridized carbons (Fsp3) is 0.357. The second-order valence-corrected chi connectivity index (χ2v) is 5.07. The summed E-state index contributed by atoms with van der Waals surface area (Å²) in [5, 5.41) is 2.00. The van der Waals surface area contributed by atoms with Gasteiger partial charge in [-0.1, -0.05) is 18.5 Å². The van der Waals surface area contributed by atoms with Crippen LogP contribution < -0.4 is 5.73 Å². The number of fused-ring (bicyclic) bond motifs is 3. The van der Waals surface area contributed by atoms with Crippen LogP contribution >= 0.6 is 11.6 Å². The van der Waals surface area contributed by atoms with Gasteiger partial charge in [-0.2, -0.15) is 0 Å². The van der Waals surface area contributed by atoms with Crippen molar-refractivity contribution in [1.29, 1.82) is 0 Å². The molecule has 2 aromatic rings. The van der Waals surface area contributed by atoms with Gasteiger partial charge in [0, 0.05) is 34.2 Å². The number of aryl methyl sites for hydroxylation is 1.